The molecule has 6 N–H and O–H groups in total. The standard InChI is InChI=1S/C28H55IN10O6/c1-32(23-27(42)43)18-21-39(2,20-4-6-26(41)35-11-16-38(31)17-12-35)22-19-33(8-13-36(29)24-28(44)45)7-3-5-25(40)34-9-14-37(30)15-10-34/h3-24,30-31H2,1-2H3,(H-,42,43,44,45)/p+1. The summed E-state index contributed by atoms with van der Waals surface area (Å²) in [5.74, 6) is 10.2. The molecule has 0 bridgehead atoms. The highest BCUT2D eigenvalue weighted by Gasteiger charge is 2.26. The Morgan fingerprint density at radius 2 is 1.18 bits per heavy atom. The summed E-state index contributed by atoms with van der Waals surface area (Å²) < 4.78 is 2.41. The van der Waals surface area contributed by atoms with Crippen LogP contribution in [0.25, 0.3) is 0 Å². The first-order valence-corrected chi connectivity index (χ1v) is 16.9. The number of hydrogen-bond donors (Lipinski definition) is 4. The third kappa shape index (κ3) is 16.6. The number of carboxylic acids is 2. The van der Waals surface area contributed by atoms with E-state index in [2.05, 4.69) is 11.9 Å². The van der Waals surface area contributed by atoms with Gasteiger partial charge in [0.2, 0.25) is 11.8 Å². The van der Waals surface area contributed by atoms with Crippen LogP contribution >= 0.6 is 22.9 Å². The molecular formula is C28H56IN10O6+. The van der Waals surface area contributed by atoms with Crippen molar-refractivity contribution in [1.29, 1.82) is 0 Å². The van der Waals surface area contributed by atoms with E-state index in [4.69, 9.17) is 11.7 Å². The zero-order chi connectivity index (χ0) is 33.4. The first-order valence-electron chi connectivity index (χ1n) is 15.9. The summed E-state index contributed by atoms with van der Waals surface area (Å²) >= 11 is 2.04. The molecular weight excluding hydrogens is 699 g/mol. The lowest BCUT2D eigenvalue weighted by atomic mass is 10.2. The van der Waals surface area contributed by atoms with E-state index in [0.717, 1.165) is 26.2 Å². The highest BCUT2D eigenvalue weighted by atomic mass is 127. The lowest BCUT2D eigenvalue weighted by Gasteiger charge is -2.38. The Labute approximate surface area is 281 Å². The van der Waals surface area contributed by atoms with Crippen LogP contribution in [0.4, 0.5) is 0 Å². The van der Waals surface area contributed by atoms with Crippen LogP contribution in [0.1, 0.15) is 25.7 Å². The van der Waals surface area contributed by atoms with Crippen LogP contribution in [-0.2, 0) is 19.2 Å². The highest BCUT2D eigenvalue weighted by molar-refractivity contribution is 14.1. The molecule has 17 heteroatoms. The van der Waals surface area contributed by atoms with Gasteiger partial charge in [0, 0.05) is 121 Å². The molecule has 0 aliphatic carbocycles. The first kappa shape index (κ1) is 39.5. The van der Waals surface area contributed by atoms with Crippen molar-refractivity contribution in [3.05, 3.63) is 0 Å². The minimum Gasteiger partial charge on any atom is -0.480 e. The highest BCUT2D eigenvalue weighted by Crippen LogP contribution is 2.12. The molecule has 0 spiro atoms. The molecule has 2 heterocycles. The Balaban J connectivity index is 1.99. The third-order valence-electron chi connectivity index (χ3n) is 8.64. The second-order valence-corrected chi connectivity index (χ2v) is 13.9. The fourth-order valence-corrected chi connectivity index (χ4v) is 6.08. The van der Waals surface area contributed by atoms with Crippen molar-refractivity contribution >= 4 is 46.6 Å². The van der Waals surface area contributed by atoms with Gasteiger partial charge in [0.1, 0.15) is 6.54 Å². The zero-order valence-corrected chi connectivity index (χ0v) is 29.4. The van der Waals surface area contributed by atoms with Gasteiger partial charge in [0.15, 0.2) is 0 Å². The fraction of sp³-hybridized carbons (Fsp3) is 0.857. The van der Waals surface area contributed by atoms with Crippen molar-refractivity contribution in [2.45, 2.75) is 25.7 Å². The summed E-state index contributed by atoms with van der Waals surface area (Å²) in [5.41, 5.74) is 0. The second kappa shape index (κ2) is 20.5. The number of hydrogen-bond acceptors (Lipinski definition) is 11. The topological polar surface area (TPSA) is 183 Å². The number of halogens is 1. The number of rotatable bonds is 21. The Bertz CT molecular complexity index is 936. The Hall–Kier alpha value is -1.71. The average molecular weight is 756 g/mol. The van der Waals surface area contributed by atoms with Gasteiger partial charge in [-0.1, -0.05) is 0 Å². The quantitative estimate of drug-likeness (QED) is 0.0441. The molecule has 45 heavy (non-hydrogen) atoms. The van der Waals surface area contributed by atoms with Crippen molar-refractivity contribution in [1.82, 2.24) is 32.7 Å². The Kier molecular flexibility index (Phi) is 18.0. The maximum atomic E-state index is 12.9. The molecule has 0 saturated carbocycles. The molecule has 2 amide bonds. The number of nitrogens with two attached hydrogens (primary N) is 2. The fourth-order valence-electron chi connectivity index (χ4n) is 5.58. The van der Waals surface area contributed by atoms with Crippen LogP contribution in [0, 0.1) is 0 Å². The Morgan fingerprint density at radius 1 is 0.689 bits per heavy atom. The molecule has 1 atom stereocenters. The molecule has 2 rings (SSSR count). The van der Waals surface area contributed by atoms with Crippen LogP contribution in [0.3, 0.4) is 0 Å². The van der Waals surface area contributed by atoms with E-state index in [1.165, 1.54) is 0 Å². The van der Waals surface area contributed by atoms with Crippen LogP contribution in [0.2, 0.25) is 0 Å². The molecule has 16 nitrogen and oxygen atoms in total. The lowest BCUT2D eigenvalue weighted by Crippen LogP contribution is -2.53. The maximum absolute atomic E-state index is 12.9. The van der Waals surface area contributed by atoms with Crippen molar-refractivity contribution < 1.29 is 33.9 Å². The normalized spacial score (nSPS) is 18.1. The number of amides is 2. The summed E-state index contributed by atoms with van der Waals surface area (Å²) in [6.45, 7) is 10.6. The number of nitrogens with zero attached hydrogens (tertiary/aromatic N) is 8. The number of quaternary nitrogens is 1. The minimum atomic E-state index is -0.881. The van der Waals surface area contributed by atoms with E-state index in [0.29, 0.717) is 109 Å². The molecule has 260 valence electrons. The largest absolute Gasteiger partial charge is 0.480 e. The lowest BCUT2D eigenvalue weighted by molar-refractivity contribution is -0.908. The van der Waals surface area contributed by atoms with Gasteiger partial charge in [-0.2, -0.15) is 0 Å². The molecule has 0 aromatic rings. The summed E-state index contributed by atoms with van der Waals surface area (Å²) in [6, 6.07) is 0. The molecule has 2 saturated heterocycles. The van der Waals surface area contributed by atoms with Gasteiger partial charge in [-0.3, -0.25) is 40.7 Å². The second-order valence-electron chi connectivity index (χ2n) is 12.5. The summed E-state index contributed by atoms with van der Waals surface area (Å²) in [7, 11) is 3.95. The SMILES string of the molecule is CN(CC[N+](C)(CCCC(=O)N1CCN(N)CC1)CCN(CCCC(=O)N1CCN(N)CC1)CCN(I)CC(=O)O)CC(=O)O. The van der Waals surface area contributed by atoms with E-state index in [1.807, 2.05) is 32.7 Å². The zero-order valence-electron chi connectivity index (χ0n) is 27.2. The molecule has 0 aromatic heterocycles. The molecule has 2 fully saturated rings. The van der Waals surface area contributed by atoms with Crippen molar-refractivity contribution in [2.24, 2.45) is 11.7 Å². The van der Waals surface area contributed by atoms with Gasteiger partial charge >= 0.3 is 11.9 Å². The van der Waals surface area contributed by atoms with E-state index in [-0.39, 0.29) is 24.9 Å². The number of aliphatic carboxylic acids is 2. The number of likely N-dealkylation sites (N-methyl/N-ethyl adjacent to an activating group) is 2. The molecule has 0 aromatic carbocycles. The van der Waals surface area contributed by atoms with Crippen LogP contribution in [0.5, 0.6) is 0 Å². The van der Waals surface area contributed by atoms with Gasteiger partial charge in [0.05, 0.1) is 33.2 Å². The monoisotopic (exact) mass is 755 g/mol. The number of carboxylic acid groups (broad SMARTS) is 2. The summed E-state index contributed by atoms with van der Waals surface area (Å²) in [4.78, 5) is 55.9. The van der Waals surface area contributed by atoms with Crippen molar-refractivity contribution in [3.8, 4) is 0 Å². The van der Waals surface area contributed by atoms with Crippen LogP contribution in [-0.4, -0.2) is 203 Å². The van der Waals surface area contributed by atoms with Crippen molar-refractivity contribution in [3.63, 3.8) is 0 Å². The maximum Gasteiger partial charge on any atom is 0.318 e. The van der Waals surface area contributed by atoms with E-state index in [9.17, 15) is 29.4 Å². The van der Waals surface area contributed by atoms with Gasteiger partial charge in [0.25, 0.3) is 0 Å². The molecule has 0 radical (unpaired) electrons. The van der Waals surface area contributed by atoms with E-state index < -0.39 is 11.9 Å². The van der Waals surface area contributed by atoms with Gasteiger partial charge in [-0.25, -0.2) is 13.1 Å². The molecule has 2 aliphatic heterocycles. The van der Waals surface area contributed by atoms with Gasteiger partial charge in [-0.15, -0.1) is 0 Å². The van der Waals surface area contributed by atoms with Gasteiger partial charge < -0.3 is 24.5 Å². The summed E-state index contributed by atoms with van der Waals surface area (Å²) in [5, 5.41) is 21.9. The van der Waals surface area contributed by atoms with Crippen molar-refractivity contribution in [2.75, 3.05) is 132 Å². The predicted octanol–water partition coefficient (Wildman–Crippen LogP) is -1.92. The number of piperazine rings is 2. The van der Waals surface area contributed by atoms with Gasteiger partial charge in [-0.05, 0) is 20.0 Å². The molecule has 1 unspecified atom stereocenters. The average Bonchev–Trinajstić information content (AvgIpc) is 2.97. The number of hydrazine groups is 2. The first-order chi connectivity index (χ1) is 21.3. The van der Waals surface area contributed by atoms with E-state index in [1.54, 1.807) is 25.1 Å². The predicted molar refractivity (Wildman–Crippen MR) is 179 cm³/mol. The van der Waals surface area contributed by atoms with E-state index >= 15 is 0 Å². The van der Waals surface area contributed by atoms with Crippen LogP contribution < -0.4 is 11.7 Å². The summed E-state index contributed by atoms with van der Waals surface area (Å²) in [6.07, 6.45) is 2.30. The minimum absolute atomic E-state index is 0.0405. The number of carbonyl (C=O) groups is 4. The smallest absolute Gasteiger partial charge is 0.318 e. The number of carbonyl (C=O) groups excluding carboxylic acids is 2. The van der Waals surface area contributed by atoms with Crippen LogP contribution in [0.15, 0.2) is 0 Å². The Morgan fingerprint density at radius 3 is 1.69 bits per heavy atom. The molecule has 2 aliphatic rings. The third-order valence-corrected chi connectivity index (χ3v) is 9.46.